The molecular formula is C30H30BrClN2O2S. The predicted octanol–water partition coefficient (Wildman–Crippen LogP) is 7.95. The first-order valence-corrected chi connectivity index (χ1v) is 14.4. The summed E-state index contributed by atoms with van der Waals surface area (Å²) in [6, 6.07) is 20.5. The van der Waals surface area contributed by atoms with Gasteiger partial charge in [-0.2, -0.15) is 0 Å². The molecule has 0 bridgehead atoms. The molecule has 0 saturated heterocycles. The minimum atomic E-state index is -0.436. The Balaban J connectivity index is 1.76. The zero-order valence-electron chi connectivity index (χ0n) is 20.9. The van der Waals surface area contributed by atoms with Gasteiger partial charge < -0.3 is 11.1 Å². The summed E-state index contributed by atoms with van der Waals surface area (Å²) < 4.78 is 2.37. The molecule has 7 heteroatoms. The predicted molar refractivity (Wildman–Crippen MR) is 158 cm³/mol. The van der Waals surface area contributed by atoms with Gasteiger partial charge >= 0.3 is 0 Å². The number of hydrogen-bond acceptors (Lipinski definition) is 3. The van der Waals surface area contributed by atoms with Crippen LogP contribution in [0.25, 0.3) is 10.1 Å². The quantitative estimate of drug-likeness (QED) is 0.195. The molecule has 2 atom stereocenters. The van der Waals surface area contributed by atoms with Crippen LogP contribution < -0.4 is 11.1 Å². The SMILES string of the molecule is CCC[C@H](c1ccc(C(=O)NCCC(N)=O)cc1)C(c1ccc(Cl)cc1)c1csc2c(Br)cc(C)cc12. The van der Waals surface area contributed by atoms with Crippen LogP contribution in [-0.4, -0.2) is 18.4 Å². The van der Waals surface area contributed by atoms with Crippen molar-refractivity contribution >= 4 is 60.8 Å². The number of benzene rings is 3. The first-order chi connectivity index (χ1) is 17.8. The van der Waals surface area contributed by atoms with E-state index >= 15 is 0 Å². The highest BCUT2D eigenvalue weighted by Gasteiger charge is 2.29. The maximum absolute atomic E-state index is 12.5. The number of carbonyl (C=O) groups excluding carboxylic acids is 2. The van der Waals surface area contributed by atoms with Crippen LogP contribution in [0, 0.1) is 6.92 Å². The van der Waals surface area contributed by atoms with Gasteiger partial charge in [0.1, 0.15) is 0 Å². The summed E-state index contributed by atoms with van der Waals surface area (Å²) in [4.78, 5) is 23.5. The molecule has 3 aromatic carbocycles. The second-order valence-corrected chi connectivity index (χ2v) is 11.5. The van der Waals surface area contributed by atoms with Crippen LogP contribution in [-0.2, 0) is 4.79 Å². The fourth-order valence-electron chi connectivity index (χ4n) is 4.91. The van der Waals surface area contributed by atoms with Crippen molar-refractivity contribution in [2.24, 2.45) is 5.73 Å². The number of aryl methyl sites for hydroxylation is 1. The van der Waals surface area contributed by atoms with Crippen molar-refractivity contribution in [1.29, 1.82) is 0 Å². The molecule has 4 rings (SSSR count). The van der Waals surface area contributed by atoms with Crippen LogP contribution in [0.4, 0.5) is 0 Å². The number of nitrogens with one attached hydrogen (secondary N) is 1. The van der Waals surface area contributed by atoms with E-state index in [1.165, 1.54) is 32.3 Å². The van der Waals surface area contributed by atoms with E-state index in [1.807, 2.05) is 24.3 Å². The molecular weight excluding hydrogens is 568 g/mol. The topological polar surface area (TPSA) is 72.2 Å². The molecule has 0 saturated carbocycles. The highest BCUT2D eigenvalue weighted by atomic mass is 79.9. The zero-order valence-corrected chi connectivity index (χ0v) is 24.1. The molecule has 0 spiro atoms. The summed E-state index contributed by atoms with van der Waals surface area (Å²) in [5, 5.41) is 7.03. The van der Waals surface area contributed by atoms with E-state index in [-0.39, 0.29) is 30.7 Å². The van der Waals surface area contributed by atoms with Crippen molar-refractivity contribution in [2.45, 2.75) is 44.9 Å². The largest absolute Gasteiger partial charge is 0.370 e. The van der Waals surface area contributed by atoms with Crippen LogP contribution >= 0.6 is 38.9 Å². The summed E-state index contributed by atoms with van der Waals surface area (Å²) in [6.07, 6.45) is 2.13. The second kappa shape index (κ2) is 12.2. The van der Waals surface area contributed by atoms with E-state index < -0.39 is 5.91 Å². The van der Waals surface area contributed by atoms with Gasteiger partial charge in [0.05, 0.1) is 0 Å². The summed E-state index contributed by atoms with van der Waals surface area (Å²) in [7, 11) is 0. The molecule has 0 radical (unpaired) electrons. The van der Waals surface area contributed by atoms with E-state index in [0.29, 0.717) is 5.56 Å². The molecule has 0 aliphatic heterocycles. The smallest absolute Gasteiger partial charge is 0.251 e. The maximum atomic E-state index is 12.5. The highest BCUT2D eigenvalue weighted by Crippen LogP contribution is 2.47. The Labute approximate surface area is 235 Å². The van der Waals surface area contributed by atoms with Crippen molar-refractivity contribution in [3.8, 4) is 0 Å². The lowest BCUT2D eigenvalue weighted by Gasteiger charge is -2.29. The Hall–Kier alpha value is -2.67. The number of amides is 2. The monoisotopic (exact) mass is 596 g/mol. The third-order valence-corrected chi connectivity index (χ3v) is 8.81. The van der Waals surface area contributed by atoms with Crippen LogP contribution in [0.1, 0.15) is 70.6 Å². The zero-order chi connectivity index (χ0) is 26.5. The number of thiophene rings is 1. The van der Waals surface area contributed by atoms with E-state index in [2.05, 4.69) is 76.9 Å². The average molecular weight is 598 g/mol. The molecule has 1 aromatic heterocycles. The minimum absolute atomic E-state index is 0.120. The third-order valence-electron chi connectivity index (χ3n) is 6.63. The molecule has 1 heterocycles. The number of fused-ring (bicyclic) bond motifs is 1. The van der Waals surface area contributed by atoms with Crippen LogP contribution in [0.2, 0.25) is 5.02 Å². The molecule has 3 N–H and O–H groups in total. The molecule has 4 nitrogen and oxygen atoms in total. The van der Waals surface area contributed by atoms with E-state index in [9.17, 15) is 9.59 Å². The normalized spacial score (nSPS) is 12.9. The number of halogens is 2. The molecule has 1 unspecified atom stereocenters. The molecule has 192 valence electrons. The third kappa shape index (κ3) is 6.43. The fourth-order valence-corrected chi connectivity index (χ4v) is 6.88. The number of primary amides is 1. The standard InChI is InChI=1S/C30H30BrClN2O2S/c1-3-4-23(19-5-7-21(8-6-19)30(36)34-14-13-27(33)35)28(20-9-11-22(32)12-10-20)25-17-37-29-24(25)15-18(2)16-26(29)31/h5-12,15-17,23,28H,3-4,13-14H2,1-2H3,(H2,33,35)(H,34,36)/t23-,28?/m1/s1. The Kier molecular flexibility index (Phi) is 9.06. The van der Waals surface area contributed by atoms with Gasteiger partial charge in [0, 0.05) is 38.6 Å². The summed E-state index contributed by atoms with van der Waals surface area (Å²) in [5.41, 5.74) is 10.7. The van der Waals surface area contributed by atoms with E-state index in [0.717, 1.165) is 22.3 Å². The Morgan fingerprint density at radius 3 is 2.38 bits per heavy atom. The van der Waals surface area contributed by atoms with Crippen molar-refractivity contribution in [2.75, 3.05) is 6.54 Å². The number of carbonyl (C=O) groups is 2. The molecule has 0 aliphatic rings. The van der Waals surface area contributed by atoms with Crippen LogP contribution in [0.5, 0.6) is 0 Å². The van der Waals surface area contributed by atoms with Gasteiger partial charge in [-0.05, 0) is 98.5 Å². The van der Waals surface area contributed by atoms with Gasteiger partial charge in [-0.1, -0.05) is 55.3 Å². The number of hydrogen-bond donors (Lipinski definition) is 2. The highest BCUT2D eigenvalue weighted by molar-refractivity contribution is 9.10. The minimum Gasteiger partial charge on any atom is -0.370 e. The Bertz CT molecular complexity index is 1400. The van der Waals surface area contributed by atoms with Gasteiger partial charge in [-0.15, -0.1) is 11.3 Å². The molecule has 2 amide bonds. The lowest BCUT2D eigenvalue weighted by atomic mass is 9.75. The van der Waals surface area contributed by atoms with Crippen LogP contribution in [0.3, 0.4) is 0 Å². The fraction of sp³-hybridized carbons (Fsp3) is 0.267. The van der Waals surface area contributed by atoms with Crippen molar-refractivity contribution < 1.29 is 9.59 Å². The maximum Gasteiger partial charge on any atom is 0.251 e. The lowest BCUT2D eigenvalue weighted by Crippen LogP contribution is -2.27. The summed E-state index contributed by atoms with van der Waals surface area (Å²) in [6.45, 7) is 4.56. The number of rotatable bonds is 10. The molecule has 0 fully saturated rings. The number of nitrogens with two attached hydrogens (primary N) is 1. The average Bonchev–Trinajstić information content (AvgIpc) is 3.28. The molecule has 37 heavy (non-hydrogen) atoms. The summed E-state index contributed by atoms with van der Waals surface area (Å²) in [5.74, 6) is -0.321. The van der Waals surface area contributed by atoms with Crippen molar-refractivity contribution in [3.05, 3.63) is 103 Å². The van der Waals surface area contributed by atoms with Gasteiger partial charge in [0.2, 0.25) is 5.91 Å². The Morgan fingerprint density at radius 1 is 1.05 bits per heavy atom. The van der Waals surface area contributed by atoms with Gasteiger partial charge in [-0.25, -0.2) is 0 Å². The second-order valence-electron chi connectivity index (χ2n) is 9.33. The first-order valence-electron chi connectivity index (χ1n) is 12.4. The summed E-state index contributed by atoms with van der Waals surface area (Å²) >= 11 is 11.8. The lowest BCUT2D eigenvalue weighted by molar-refractivity contribution is -0.117. The molecule has 0 aliphatic carbocycles. The van der Waals surface area contributed by atoms with Gasteiger partial charge in [0.15, 0.2) is 0 Å². The first kappa shape index (κ1) is 27.4. The van der Waals surface area contributed by atoms with E-state index in [4.69, 9.17) is 17.3 Å². The van der Waals surface area contributed by atoms with Gasteiger partial charge in [0.25, 0.3) is 5.91 Å². The Morgan fingerprint density at radius 2 is 1.73 bits per heavy atom. The van der Waals surface area contributed by atoms with Crippen molar-refractivity contribution in [3.63, 3.8) is 0 Å². The molecule has 4 aromatic rings. The van der Waals surface area contributed by atoms with E-state index in [1.54, 1.807) is 11.3 Å². The van der Waals surface area contributed by atoms with Gasteiger partial charge in [-0.3, -0.25) is 9.59 Å². The van der Waals surface area contributed by atoms with Crippen LogP contribution in [0.15, 0.2) is 70.5 Å². The van der Waals surface area contributed by atoms with Crippen molar-refractivity contribution in [1.82, 2.24) is 5.32 Å².